The Morgan fingerprint density at radius 1 is 1.28 bits per heavy atom. The summed E-state index contributed by atoms with van der Waals surface area (Å²) in [7, 11) is 0. The van der Waals surface area contributed by atoms with Crippen molar-refractivity contribution in [2.45, 2.75) is 33.6 Å². The predicted octanol–water partition coefficient (Wildman–Crippen LogP) is 4.56. The number of thiazole rings is 1. The van der Waals surface area contributed by atoms with Gasteiger partial charge in [0.15, 0.2) is 5.13 Å². The van der Waals surface area contributed by atoms with Crippen LogP contribution >= 0.6 is 27.3 Å². The standard InChI is InChI=1S/C14H17BrN2S/c1-7-5-8(2)12(11(15)6-7)9(3)13-10(4)17-14(16)18-13/h5-6,9H,1-4H3,(H2,16,17). The first kappa shape index (κ1) is 13.6. The highest BCUT2D eigenvalue weighted by Crippen LogP contribution is 2.38. The molecule has 1 unspecified atom stereocenters. The molecule has 18 heavy (non-hydrogen) atoms. The van der Waals surface area contributed by atoms with Crippen molar-refractivity contribution in [2.24, 2.45) is 0 Å². The number of aromatic nitrogens is 1. The van der Waals surface area contributed by atoms with Gasteiger partial charge in [0.05, 0.1) is 5.69 Å². The second-order valence-corrected chi connectivity index (χ2v) is 6.62. The lowest BCUT2D eigenvalue weighted by Crippen LogP contribution is -2.00. The summed E-state index contributed by atoms with van der Waals surface area (Å²) in [6.07, 6.45) is 0. The van der Waals surface area contributed by atoms with Gasteiger partial charge >= 0.3 is 0 Å². The number of nitrogens with two attached hydrogens (primary N) is 1. The van der Waals surface area contributed by atoms with Gasteiger partial charge in [0, 0.05) is 15.3 Å². The molecule has 0 fully saturated rings. The minimum atomic E-state index is 0.315. The largest absolute Gasteiger partial charge is 0.375 e. The molecule has 0 aliphatic heterocycles. The summed E-state index contributed by atoms with van der Waals surface area (Å²) in [6.45, 7) is 8.50. The van der Waals surface area contributed by atoms with Gasteiger partial charge < -0.3 is 5.73 Å². The van der Waals surface area contributed by atoms with Crippen molar-refractivity contribution in [3.05, 3.63) is 43.9 Å². The Bertz CT molecular complexity index is 566. The van der Waals surface area contributed by atoms with Gasteiger partial charge in [-0.05, 0) is 43.5 Å². The van der Waals surface area contributed by atoms with Gasteiger partial charge in [0.2, 0.25) is 0 Å². The van der Waals surface area contributed by atoms with Crippen molar-refractivity contribution in [3.63, 3.8) is 0 Å². The fourth-order valence-electron chi connectivity index (χ4n) is 2.44. The van der Waals surface area contributed by atoms with Gasteiger partial charge in [0.25, 0.3) is 0 Å². The molecule has 2 nitrogen and oxygen atoms in total. The van der Waals surface area contributed by atoms with Crippen LogP contribution in [0.4, 0.5) is 5.13 Å². The average molecular weight is 325 g/mol. The van der Waals surface area contributed by atoms with E-state index in [9.17, 15) is 0 Å². The molecule has 0 aliphatic rings. The molecule has 0 spiro atoms. The van der Waals surface area contributed by atoms with E-state index in [1.54, 1.807) is 11.3 Å². The van der Waals surface area contributed by atoms with Crippen molar-refractivity contribution in [2.75, 3.05) is 5.73 Å². The van der Waals surface area contributed by atoms with E-state index in [1.807, 2.05) is 6.92 Å². The molecule has 2 rings (SSSR count). The first-order chi connectivity index (χ1) is 8.40. The summed E-state index contributed by atoms with van der Waals surface area (Å²) in [5, 5.41) is 0.648. The third-order valence-corrected chi connectivity index (χ3v) is 4.98. The van der Waals surface area contributed by atoms with Crippen molar-refractivity contribution in [3.8, 4) is 0 Å². The molecule has 4 heteroatoms. The van der Waals surface area contributed by atoms with Crippen LogP contribution < -0.4 is 5.73 Å². The summed E-state index contributed by atoms with van der Waals surface area (Å²) >= 11 is 5.26. The maximum absolute atomic E-state index is 5.79. The molecule has 2 aromatic rings. The smallest absolute Gasteiger partial charge is 0.180 e. The van der Waals surface area contributed by atoms with Crippen molar-refractivity contribution in [1.29, 1.82) is 0 Å². The van der Waals surface area contributed by atoms with Crippen LogP contribution in [0.2, 0.25) is 0 Å². The van der Waals surface area contributed by atoms with E-state index >= 15 is 0 Å². The van der Waals surface area contributed by atoms with Crippen molar-refractivity contribution >= 4 is 32.4 Å². The summed E-state index contributed by atoms with van der Waals surface area (Å²) in [6, 6.07) is 4.38. The molecule has 0 bridgehead atoms. The van der Waals surface area contributed by atoms with Crippen LogP contribution in [0.15, 0.2) is 16.6 Å². The molecule has 1 heterocycles. The van der Waals surface area contributed by atoms with E-state index in [0.717, 1.165) is 5.69 Å². The highest BCUT2D eigenvalue weighted by Gasteiger charge is 2.19. The molecule has 1 aromatic heterocycles. The van der Waals surface area contributed by atoms with Gasteiger partial charge in [-0.25, -0.2) is 4.98 Å². The Morgan fingerprint density at radius 3 is 2.44 bits per heavy atom. The van der Waals surface area contributed by atoms with Gasteiger partial charge in [-0.2, -0.15) is 0 Å². The first-order valence-corrected chi connectivity index (χ1v) is 7.50. The highest BCUT2D eigenvalue weighted by molar-refractivity contribution is 9.10. The van der Waals surface area contributed by atoms with Gasteiger partial charge in [-0.1, -0.05) is 28.9 Å². The summed E-state index contributed by atoms with van der Waals surface area (Å²) < 4.78 is 1.17. The van der Waals surface area contributed by atoms with E-state index in [1.165, 1.54) is 26.0 Å². The van der Waals surface area contributed by atoms with E-state index in [0.29, 0.717) is 11.0 Å². The molecule has 0 amide bonds. The molecule has 0 saturated heterocycles. The number of rotatable bonds is 2. The number of halogens is 1. The normalized spacial score (nSPS) is 12.7. The molecule has 96 valence electrons. The third-order valence-electron chi connectivity index (χ3n) is 3.16. The summed E-state index contributed by atoms with van der Waals surface area (Å²) in [4.78, 5) is 5.57. The lowest BCUT2D eigenvalue weighted by atomic mass is 9.93. The van der Waals surface area contributed by atoms with Crippen LogP contribution in [0.1, 0.15) is 40.1 Å². The maximum Gasteiger partial charge on any atom is 0.180 e. The van der Waals surface area contributed by atoms with Crippen LogP contribution in [0, 0.1) is 20.8 Å². The minimum absolute atomic E-state index is 0.315. The van der Waals surface area contributed by atoms with E-state index in [2.05, 4.69) is 53.8 Å². The topological polar surface area (TPSA) is 38.9 Å². The zero-order chi connectivity index (χ0) is 13.4. The Labute approximate surface area is 120 Å². The molecule has 1 atom stereocenters. The number of nitrogen functional groups attached to an aromatic ring is 1. The zero-order valence-electron chi connectivity index (χ0n) is 11.0. The lowest BCUT2D eigenvalue weighted by molar-refractivity contribution is 0.907. The van der Waals surface area contributed by atoms with Gasteiger partial charge in [-0.3, -0.25) is 0 Å². The van der Waals surface area contributed by atoms with Crippen molar-refractivity contribution < 1.29 is 0 Å². The molecule has 0 aliphatic carbocycles. The molecular weight excluding hydrogens is 308 g/mol. The second kappa shape index (κ2) is 5.02. The fourth-order valence-corrected chi connectivity index (χ4v) is 4.35. The zero-order valence-corrected chi connectivity index (χ0v) is 13.4. The lowest BCUT2D eigenvalue weighted by Gasteiger charge is -2.16. The fraction of sp³-hybridized carbons (Fsp3) is 0.357. The highest BCUT2D eigenvalue weighted by atomic mass is 79.9. The van der Waals surface area contributed by atoms with E-state index in [4.69, 9.17) is 5.73 Å². The molecule has 0 saturated carbocycles. The third kappa shape index (κ3) is 2.45. The van der Waals surface area contributed by atoms with Crippen LogP contribution in [0.5, 0.6) is 0 Å². The van der Waals surface area contributed by atoms with Crippen LogP contribution in [-0.2, 0) is 0 Å². The summed E-state index contributed by atoms with van der Waals surface area (Å²) in [5.41, 5.74) is 10.7. The van der Waals surface area contributed by atoms with Crippen LogP contribution in [0.25, 0.3) is 0 Å². The first-order valence-electron chi connectivity index (χ1n) is 5.89. The number of hydrogen-bond acceptors (Lipinski definition) is 3. The number of hydrogen-bond donors (Lipinski definition) is 1. The molecule has 1 aromatic carbocycles. The minimum Gasteiger partial charge on any atom is -0.375 e. The Morgan fingerprint density at radius 2 is 1.94 bits per heavy atom. The predicted molar refractivity (Wildman–Crippen MR) is 82.4 cm³/mol. The molecule has 0 radical (unpaired) electrons. The Balaban J connectivity index is 2.52. The van der Waals surface area contributed by atoms with Crippen LogP contribution in [0.3, 0.4) is 0 Å². The molecule has 2 N–H and O–H groups in total. The molecular formula is C14H17BrN2S. The van der Waals surface area contributed by atoms with Crippen molar-refractivity contribution in [1.82, 2.24) is 4.98 Å². The van der Waals surface area contributed by atoms with Crippen LogP contribution in [-0.4, -0.2) is 4.98 Å². The quantitative estimate of drug-likeness (QED) is 0.879. The number of nitrogens with zero attached hydrogens (tertiary/aromatic N) is 1. The average Bonchev–Trinajstić information content (AvgIpc) is 2.56. The maximum atomic E-state index is 5.79. The Hall–Kier alpha value is -0.870. The number of aryl methyl sites for hydroxylation is 3. The summed E-state index contributed by atoms with van der Waals surface area (Å²) in [5.74, 6) is 0.315. The Kier molecular flexibility index (Phi) is 3.78. The monoisotopic (exact) mass is 324 g/mol. The second-order valence-electron chi connectivity index (χ2n) is 4.70. The number of benzene rings is 1. The number of anilines is 1. The van der Waals surface area contributed by atoms with E-state index in [-0.39, 0.29) is 0 Å². The van der Waals surface area contributed by atoms with Gasteiger partial charge in [-0.15, -0.1) is 11.3 Å². The SMILES string of the molecule is Cc1cc(C)c(C(C)c2sc(N)nc2C)c(Br)c1. The van der Waals surface area contributed by atoms with Gasteiger partial charge in [0.1, 0.15) is 0 Å². The van der Waals surface area contributed by atoms with E-state index < -0.39 is 0 Å².